The van der Waals surface area contributed by atoms with Crippen molar-refractivity contribution in [2.75, 3.05) is 0 Å². The zero-order valence-corrected chi connectivity index (χ0v) is 23.4. The first-order chi connectivity index (χ1) is 20.2. The van der Waals surface area contributed by atoms with Gasteiger partial charge in [0.1, 0.15) is 11.2 Å². The van der Waals surface area contributed by atoms with Crippen LogP contribution in [0, 0.1) is 0 Å². The fraction of sp³-hybridized carbons (Fsp3) is 0.0526. The summed E-state index contributed by atoms with van der Waals surface area (Å²) < 4.78 is 21.9. The fourth-order valence-electron chi connectivity index (χ4n) is 6.44. The molecule has 2 nitrogen and oxygen atoms in total. The van der Waals surface area contributed by atoms with Gasteiger partial charge in [-0.2, -0.15) is 0 Å². The van der Waals surface area contributed by atoms with Crippen molar-refractivity contribution in [1.82, 2.24) is 0 Å². The lowest BCUT2D eigenvalue weighted by atomic mass is 9.88. The van der Waals surface area contributed by atoms with E-state index in [4.69, 9.17) is 4.42 Å². The topological polar surface area (TPSA) is 30.2 Å². The molecule has 8 rings (SSSR count). The van der Waals surface area contributed by atoms with Gasteiger partial charge in [0.25, 0.3) is 0 Å². The van der Waals surface area contributed by atoms with Crippen LogP contribution < -0.4 is 15.9 Å². The molecule has 0 unspecified atom stereocenters. The molecule has 0 bridgehead atoms. The van der Waals surface area contributed by atoms with Gasteiger partial charge in [-0.25, -0.2) is 0 Å². The van der Waals surface area contributed by atoms with Gasteiger partial charge in [-0.05, 0) is 58.5 Å². The molecule has 196 valence electrons. The highest BCUT2D eigenvalue weighted by atomic mass is 31.2. The molecule has 1 aliphatic rings. The van der Waals surface area contributed by atoms with E-state index in [1.165, 1.54) is 27.3 Å². The lowest BCUT2D eigenvalue weighted by Crippen LogP contribution is -2.25. The fourth-order valence-corrected chi connectivity index (χ4v) is 9.13. The quantitative estimate of drug-likeness (QED) is 0.206. The van der Waals surface area contributed by atoms with E-state index in [1.54, 1.807) is 0 Å². The van der Waals surface area contributed by atoms with E-state index in [0.29, 0.717) is 0 Å². The molecule has 7 aromatic rings. The van der Waals surface area contributed by atoms with Crippen LogP contribution in [-0.4, -0.2) is 0 Å². The summed E-state index contributed by atoms with van der Waals surface area (Å²) in [6.45, 7) is 0. The van der Waals surface area contributed by atoms with Gasteiger partial charge in [-0.1, -0.05) is 121 Å². The van der Waals surface area contributed by atoms with Gasteiger partial charge in [-0.15, -0.1) is 0 Å². The van der Waals surface area contributed by atoms with Gasteiger partial charge < -0.3 is 8.98 Å². The average molecular weight is 547 g/mol. The molecule has 6 aromatic carbocycles. The lowest BCUT2D eigenvalue weighted by molar-refractivity contribution is 0.592. The Balaban J connectivity index is 1.42. The van der Waals surface area contributed by atoms with E-state index >= 15 is 4.57 Å². The second-order valence-corrected chi connectivity index (χ2v) is 13.5. The van der Waals surface area contributed by atoms with Crippen molar-refractivity contribution < 1.29 is 8.98 Å². The zero-order chi connectivity index (χ0) is 27.4. The lowest BCUT2D eigenvalue weighted by Gasteiger charge is -2.21. The third-order valence-electron chi connectivity index (χ3n) is 8.38. The van der Waals surface area contributed by atoms with Crippen LogP contribution in [-0.2, 0) is 11.0 Å². The molecule has 0 saturated heterocycles. The highest BCUT2D eigenvalue weighted by molar-refractivity contribution is 7.85. The first-order valence-electron chi connectivity index (χ1n) is 14.1. The summed E-state index contributed by atoms with van der Waals surface area (Å²) in [6, 6.07) is 43.1. The van der Waals surface area contributed by atoms with Crippen LogP contribution in [0.3, 0.4) is 0 Å². The molecular weight excluding hydrogens is 519 g/mol. The molecule has 0 atom stereocenters. The molecule has 0 N–H and O–H groups in total. The smallest absolute Gasteiger partial charge is 0.171 e. The van der Waals surface area contributed by atoms with Crippen molar-refractivity contribution in [3.63, 3.8) is 0 Å². The number of furan rings is 1. The Morgan fingerprint density at radius 1 is 0.634 bits per heavy atom. The van der Waals surface area contributed by atoms with Crippen LogP contribution in [0.25, 0.3) is 49.9 Å². The maximum Gasteiger partial charge on any atom is 0.171 e. The summed E-state index contributed by atoms with van der Waals surface area (Å²) in [5.41, 5.74) is 6.41. The molecule has 0 amide bonds. The van der Waals surface area contributed by atoms with Gasteiger partial charge in [0.2, 0.25) is 0 Å². The molecule has 0 fully saturated rings. The molecule has 1 aliphatic carbocycles. The van der Waals surface area contributed by atoms with Crippen molar-refractivity contribution >= 4 is 61.8 Å². The second kappa shape index (κ2) is 9.47. The molecule has 0 saturated carbocycles. The largest absolute Gasteiger partial charge is 0.455 e. The van der Waals surface area contributed by atoms with E-state index in [2.05, 4.69) is 66.7 Å². The zero-order valence-electron chi connectivity index (χ0n) is 22.5. The Labute approximate surface area is 238 Å². The normalized spacial score (nSPS) is 13.2. The highest BCUT2D eigenvalue weighted by Crippen LogP contribution is 2.46. The van der Waals surface area contributed by atoms with Crippen LogP contribution in [0.5, 0.6) is 0 Å². The van der Waals surface area contributed by atoms with Gasteiger partial charge in [0.05, 0.1) is 0 Å². The van der Waals surface area contributed by atoms with Crippen LogP contribution >= 0.6 is 7.14 Å². The minimum Gasteiger partial charge on any atom is -0.455 e. The average Bonchev–Trinajstić information content (AvgIpc) is 3.45. The monoisotopic (exact) mass is 546 g/mol. The number of rotatable bonds is 4. The number of benzene rings is 6. The highest BCUT2D eigenvalue weighted by Gasteiger charge is 2.30. The summed E-state index contributed by atoms with van der Waals surface area (Å²) in [5, 5.41) is 7.22. The van der Waals surface area contributed by atoms with Crippen LogP contribution in [0.1, 0.15) is 17.5 Å². The van der Waals surface area contributed by atoms with Crippen molar-refractivity contribution in [2.45, 2.75) is 12.8 Å². The molecule has 0 radical (unpaired) electrons. The molecule has 0 aliphatic heterocycles. The SMILES string of the molecule is O=P(c1ccccc1)(c1ccccc1)c1cccc(-c2cc3c(c4c2oc2ccc5ccccc5c24)C=CCC3)c1. The van der Waals surface area contributed by atoms with E-state index in [1.807, 2.05) is 72.8 Å². The third kappa shape index (κ3) is 3.75. The first-order valence-corrected chi connectivity index (χ1v) is 15.8. The molecule has 3 heteroatoms. The van der Waals surface area contributed by atoms with Gasteiger partial charge in [0, 0.05) is 32.2 Å². The second-order valence-electron chi connectivity index (χ2n) is 10.7. The Hall–Kier alpha value is -4.65. The maximum atomic E-state index is 15.2. The predicted octanol–water partition coefficient (Wildman–Crippen LogP) is 9.00. The Bertz CT molecular complexity index is 2130. The number of hydrogen-bond acceptors (Lipinski definition) is 2. The van der Waals surface area contributed by atoms with Crippen molar-refractivity contribution in [2.24, 2.45) is 0 Å². The number of allylic oxidation sites excluding steroid dienone is 1. The molecule has 1 heterocycles. The molecule has 0 spiro atoms. The van der Waals surface area contributed by atoms with Crippen LogP contribution in [0.4, 0.5) is 0 Å². The minimum atomic E-state index is -3.11. The third-order valence-corrected chi connectivity index (χ3v) is 11.4. The van der Waals surface area contributed by atoms with Crippen LogP contribution in [0.2, 0.25) is 0 Å². The summed E-state index contributed by atoms with van der Waals surface area (Å²) in [5.74, 6) is 0. The van der Waals surface area contributed by atoms with E-state index < -0.39 is 7.14 Å². The first kappa shape index (κ1) is 24.2. The molecular formula is C38H27O2P. The van der Waals surface area contributed by atoms with Gasteiger partial charge >= 0.3 is 0 Å². The number of hydrogen-bond donors (Lipinski definition) is 0. The Morgan fingerprint density at radius 2 is 1.34 bits per heavy atom. The summed E-state index contributed by atoms with van der Waals surface area (Å²) >= 11 is 0. The van der Waals surface area contributed by atoms with Crippen molar-refractivity contribution in [3.8, 4) is 11.1 Å². The molecule has 41 heavy (non-hydrogen) atoms. The summed E-state index contributed by atoms with van der Waals surface area (Å²) in [6.07, 6.45) is 6.53. The Morgan fingerprint density at radius 3 is 2.12 bits per heavy atom. The summed E-state index contributed by atoms with van der Waals surface area (Å²) in [7, 11) is -3.11. The van der Waals surface area contributed by atoms with Gasteiger partial charge in [-0.3, -0.25) is 0 Å². The van der Waals surface area contributed by atoms with E-state index in [9.17, 15) is 0 Å². The standard InChI is InChI=1S/C38H27O2P/c39-41(29-15-3-1-4-16-29,30-17-5-2-6-18-30)31-19-11-14-27(24-31)34-25-28-13-8-10-21-33(28)37-36-32-20-9-7-12-26(32)22-23-35(36)40-38(34)37/h1-7,9-12,14-25H,8,13H2. The van der Waals surface area contributed by atoms with Crippen molar-refractivity contribution in [1.29, 1.82) is 0 Å². The summed E-state index contributed by atoms with van der Waals surface area (Å²) in [4.78, 5) is 0. The number of fused-ring (bicyclic) bond motifs is 7. The van der Waals surface area contributed by atoms with Crippen molar-refractivity contribution in [3.05, 3.63) is 145 Å². The molecule has 1 aromatic heterocycles. The predicted molar refractivity (Wildman–Crippen MR) is 173 cm³/mol. The van der Waals surface area contributed by atoms with Crippen LogP contribution in [0.15, 0.2) is 138 Å². The van der Waals surface area contributed by atoms with E-state index in [0.717, 1.165) is 56.4 Å². The van der Waals surface area contributed by atoms with E-state index in [-0.39, 0.29) is 0 Å². The van der Waals surface area contributed by atoms with Gasteiger partial charge in [0.15, 0.2) is 7.14 Å². The Kier molecular flexibility index (Phi) is 5.59. The maximum absolute atomic E-state index is 15.2. The number of aryl methyl sites for hydroxylation is 1. The minimum absolute atomic E-state index is 0.819.